The monoisotopic (exact) mass is 379 g/mol. The molecular formula is C22H25N3O3. The standard InChI is InChI=1S/C22H25N3O3/c1-27-20-9-5-17(15-21(20)28-2)6-10-22(26)25-13-11-24(12-14-25)19-7-3-18(16-23)4-8-19/h3-5,7-9,15H,6,10-14H2,1-2H3. The molecule has 1 amide bonds. The van der Waals surface area contributed by atoms with Gasteiger partial charge in [-0.3, -0.25) is 4.79 Å². The molecule has 1 heterocycles. The molecular weight excluding hydrogens is 354 g/mol. The van der Waals surface area contributed by atoms with Crippen LogP contribution in [-0.4, -0.2) is 51.2 Å². The number of hydrogen-bond acceptors (Lipinski definition) is 5. The molecule has 1 fully saturated rings. The Balaban J connectivity index is 1.50. The van der Waals surface area contributed by atoms with E-state index < -0.39 is 0 Å². The number of nitrogens with zero attached hydrogens (tertiary/aromatic N) is 3. The van der Waals surface area contributed by atoms with Crippen molar-refractivity contribution in [3.63, 3.8) is 0 Å². The van der Waals surface area contributed by atoms with Crippen LogP contribution in [0.4, 0.5) is 5.69 Å². The van der Waals surface area contributed by atoms with Gasteiger partial charge in [-0.15, -0.1) is 0 Å². The van der Waals surface area contributed by atoms with E-state index in [0.29, 0.717) is 43.0 Å². The minimum atomic E-state index is 0.175. The summed E-state index contributed by atoms with van der Waals surface area (Å²) in [6.07, 6.45) is 1.15. The molecule has 28 heavy (non-hydrogen) atoms. The first-order valence-electron chi connectivity index (χ1n) is 9.38. The largest absolute Gasteiger partial charge is 0.493 e. The minimum absolute atomic E-state index is 0.175. The lowest BCUT2D eigenvalue weighted by atomic mass is 10.1. The third kappa shape index (κ3) is 4.55. The normalized spacial score (nSPS) is 13.8. The maximum atomic E-state index is 12.6. The summed E-state index contributed by atoms with van der Waals surface area (Å²) >= 11 is 0. The Hall–Kier alpha value is -3.20. The van der Waals surface area contributed by atoms with E-state index in [4.69, 9.17) is 14.7 Å². The van der Waals surface area contributed by atoms with Gasteiger partial charge in [0, 0.05) is 38.3 Å². The molecule has 0 bridgehead atoms. The van der Waals surface area contributed by atoms with Crippen molar-refractivity contribution >= 4 is 11.6 Å². The zero-order chi connectivity index (χ0) is 19.9. The van der Waals surface area contributed by atoms with Crippen molar-refractivity contribution in [2.24, 2.45) is 0 Å². The number of amides is 1. The SMILES string of the molecule is COc1ccc(CCC(=O)N2CCN(c3ccc(C#N)cc3)CC2)cc1OC. The van der Waals surface area contributed by atoms with Gasteiger partial charge in [0.2, 0.25) is 5.91 Å². The summed E-state index contributed by atoms with van der Waals surface area (Å²) in [4.78, 5) is 16.8. The van der Waals surface area contributed by atoms with Crippen molar-refractivity contribution < 1.29 is 14.3 Å². The summed E-state index contributed by atoms with van der Waals surface area (Å²) in [6.45, 7) is 3.03. The molecule has 0 radical (unpaired) electrons. The van der Waals surface area contributed by atoms with Gasteiger partial charge >= 0.3 is 0 Å². The molecule has 6 heteroatoms. The molecule has 0 spiro atoms. The lowest BCUT2D eigenvalue weighted by Gasteiger charge is -2.36. The third-order valence-corrected chi connectivity index (χ3v) is 5.07. The highest BCUT2D eigenvalue weighted by Crippen LogP contribution is 2.28. The molecule has 0 N–H and O–H groups in total. The number of benzene rings is 2. The zero-order valence-electron chi connectivity index (χ0n) is 16.4. The smallest absolute Gasteiger partial charge is 0.223 e. The van der Waals surface area contributed by atoms with Gasteiger partial charge in [-0.05, 0) is 48.4 Å². The molecule has 0 aromatic heterocycles. The second kappa shape index (κ2) is 9.14. The molecule has 3 rings (SSSR count). The van der Waals surface area contributed by atoms with E-state index in [1.54, 1.807) is 14.2 Å². The van der Waals surface area contributed by atoms with Crippen LogP contribution in [0.15, 0.2) is 42.5 Å². The van der Waals surface area contributed by atoms with Crippen LogP contribution in [0.2, 0.25) is 0 Å². The van der Waals surface area contributed by atoms with Crippen LogP contribution in [0.1, 0.15) is 17.5 Å². The van der Waals surface area contributed by atoms with Crippen LogP contribution in [0.3, 0.4) is 0 Å². The fourth-order valence-electron chi connectivity index (χ4n) is 3.41. The second-order valence-electron chi connectivity index (χ2n) is 6.72. The van der Waals surface area contributed by atoms with Crippen molar-refractivity contribution in [2.45, 2.75) is 12.8 Å². The number of anilines is 1. The Labute approximate surface area is 165 Å². The van der Waals surface area contributed by atoms with E-state index in [9.17, 15) is 4.79 Å². The van der Waals surface area contributed by atoms with Gasteiger partial charge in [0.15, 0.2) is 11.5 Å². The predicted molar refractivity (Wildman–Crippen MR) is 108 cm³/mol. The fraction of sp³-hybridized carbons (Fsp3) is 0.364. The molecule has 146 valence electrons. The number of piperazine rings is 1. The number of carbonyl (C=O) groups is 1. The Bertz CT molecular complexity index is 850. The number of rotatable bonds is 6. The quantitative estimate of drug-likeness (QED) is 0.772. The van der Waals surface area contributed by atoms with Crippen molar-refractivity contribution in [1.82, 2.24) is 4.90 Å². The van der Waals surface area contributed by atoms with Gasteiger partial charge in [-0.2, -0.15) is 5.26 Å². The van der Waals surface area contributed by atoms with Crippen molar-refractivity contribution in [3.05, 3.63) is 53.6 Å². The van der Waals surface area contributed by atoms with E-state index >= 15 is 0 Å². The van der Waals surface area contributed by atoms with E-state index in [-0.39, 0.29) is 5.91 Å². The highest BCUT2D eigenvalue weighted by Gasteiger charge is 2.21. The molecule has 0 unspecified atom stereocenters. The average Bonchev–Trinajstić information content (AvgIpc) is 2.77. The third-order valence-electron chi connectivity index (χ3n) is 5.07. The first kappa shape index (κ1) is 19.6. The van der Waals surface area contributed by atoms with Gasteiger partial charge in [0.25, 0.3) is 0 Å². The summed E-state index contributed by atoms with van der Waals surface area (Å²) in [5, 5.41) is 8.90. The summed E-state index contributed by atoms with van der Waals surface area (Å²) in [6, 6.07) is 15.5. The zero-order valence-corrected chi connectivity index (χ0v) is 16.4. The Morgan fingerprint density at radius 3 is 2.29 bits per heavy atom. The van der Waals surface area contributed by atoms with Crippen LogP contribution in [0.25, 0.3) is 0 Å². The van der Waals surface area contributed by atoms with Crippen molar-refractivity contribution in [1.29, 1.82) is 5.26 Å². The van der Waals surface area contributed by atoms with Crippen molar-refractivity contribution in [2.75, 3.05) is 45.3 Å². The fourth-order valence-corrected chi connectivity index (χ4v) is 3.41. The Kier molecular flexibility index (Phi) is 6.38. The minimum Gasteiger partial charge on any atom is -0.493 e. The van der Waals surface area contributed by atoms with Crippen LogP contribution in [0.5, 0.6) is 11.5 Å². The van der Waals surface area contributed by atoms with Crippen LogP contribution < -0.4 is 14.4 Å². The van der Waals surface area contributed by atoms with E-state index in [2.05, 4.69) is 11.0 Å². The maximum absolute atomic E-state index is 12.6. The second-order valence-corrected chi connectivity index (χ2v) is 6.72. The van der Waals surface area contributed by atoms with Crippen LogP contribution in [0, 0.1) is 11.3 Å². The molecule has 1 aliphatic rings. The lowest BCUT2D eigenvalue weighted by Crippen LogP contribution is -2.48. The predicted octanol–water partition coefficient (Wildman–Crippen LogP) is 2.86. The van der Waals surface area contributed by atoms with E-state index in [1.807, 2.05) is 47.4 Å². The first-order chi connectivity index (χ1) is 13.6. The van der Waals surface area contributed by atoms with E-state index in [0.717, 1.165) is 24.3 Å². The number of hydrogen-bond donors (Lipinski definition) is 0. The molecule has 2 aromatic rings. The summed E-state index contributed by atoms with van der Waals surface area (Å²) in [5.41, 5.74) is 2.81. The highest BCUT2D eigenvalue weighted by atomic mass is 16.5. The molecule has 2 aromatic carbocycles. The van der Waals surface area contributed by atoms with Gasteiger partial charge in [0.1, 0.15) is 0 Å². The lowest BCUT2D eigenvalue weighted by molar-refractivity contribution is -0.131. The number of carbonyl (C=O) groups excluding carboxylic acids is 1. The molecule has 1 aliphatic heterocycles. The number of nitriles is 1. The van der Waals surface area contributed by atoms with Gasteiger partial charge < -0.3 is 19.3 Å². The van der Waals surface area contributed by atoms with Crippen molar-refractivity contribution in [3.8, 4) is 17.6 Å². The molecule has 6 nitrogen and oxygen atoms in total. The molecule has 0 saturated carbocycles. The molecule has 1 saturated heterocycles. The number of ether oxygens (including phenoxy) is 2. The van der Waals surface area contributed by atoms with Gasteiger partial charge in [-0.25, -0.2) is 0 Å². The van der Waals surface area contributed by atoms with Crippen LogP contribution in [-0.2, 0) is 11.2 Å². The number of aryl methyl sites for hydroxylation is 1. The summed E-state index contributed by atoms with van der Waals surface area (Å²) < 4.78 is 10.6. The van der Waals surface area contributed by atoms with Gasteiger partial charge in [-0.1, -0.05) is 6.07 Å². The molecule has 0 aliphatic carbocycles. The summed E-state index contributed by atoms with van der Waals surface area (Å²) in [7, 11) is 3.22. The topological polar surface area (TPSA) is 65.8 Å². The van der Waals surface area contributed by atoms with Gasteiger partial charge in [0.05, 0.1) is 25.9 Å². The highest BCUT2D eigenvalue weighted by molar-refractivity contribution is 5.77. The summed E-state index contributed by atoms with van der Waals surface area (Å²) in [5.74, 6) is 1.55. The van der Waals surface area contributed by atoms with E-state index in [1.165, 1.54) is 0 Å². The molecule has 0 atom stereocenters. The first-order valence-corrected chi connectivity index (χ1v) is 9.38. The van der Waals surface area contributed by atoms with Crippen LogP contribution >= 0.6 is 0 Å². The number of methoxy groups -OCH3 is 2. The maximum Gasteiger partial charge on any atom is 0.223 e. The average molecular weight is 379 g/mol. The Morgan fingerprint density at radius 1 is 1.00 bits per heavy atom. The Morgan fingerprint density at radius 2 is 1.68 bits per heavy atom.